The second-order valence-corrected chi connectivity index (χ2v) is 10.3. The first-order valence-electron chi connectivity index (χ1n) is 12.2. The molecule has 1 heterocycles. The predicted molar refractivity (Wildman–Crippen MR) is 131 cm³/mol. The summed E-state index contributed by atoms with van der Waals surface area (Å²) in [6, 6.07) is 14.8. The standard InChI is InChI=1S/C26H38N2O3S.K/c1-2-3-4-5-6-7-8-9-10-14-17-26-27-24-19-18-23(32(29,30)31)20-25(24)28(26)21-22-15-12-11-13-16-22;/h11-13,15-16,18-20,26-27H,2-10,14,17,21H2,1H3,(H,29,30,31);/q;+1/p-1. The van der Waals surface area contributed by atoms with Crippen molar-refractivity contribution in [3.8, 4) is 0 Å². The van der Waals surface area contributed by atoms with Crippen molar-refractivity contribution >= 4 is 21.5 Å². The normalized spacial score (nSPS) is 15.1. The number of nitrogens with one attached hydrogen (secondary N) is 1. The predicted octanol–water partition coefficient (Wildman–Crippen LogP) is 3.66. The Morgan fingerprint density at radius 3 is 2.09 bits per heavy atom. The van der Waals surface area contributed by atoms with Crippen molar-refractivity contribution in [3.05, 3.63) is 54.1 Å². The molecule has 0 amide bonds. The zero-order valence-electron chi connectivity index (χ0n) is 20.3. The van der Waals surface area contributed by atoms with Crippen molar-refractivity contribution in [2.75, 3.05) is 10.2 Å². The number of unbranched alkanes of at least 4 members (excludes halogenated alkanes) is 9. The molecule has 1 aliphatic rings. The number of rotatable bonds is 14. The average molecular weight is 497 g/mol. The van der Waals surface area contributed by atoms with Gasteiger partial charge in [-0.2, -0.15) is 0 Å². The molecule has 0 aliphatic carbocycles. The van der Waals surface area contributed by atoms with E-state index in [1.165, 1.54) is 69.9 Å². The van der Waals surface area contributed by atoms with E-state index in [0.29, 0.717) is 6.54 Å². The van der Waals surface area contributed by atoms with Crippen molar-refractivity contribution < 1.29 is 64.4 Å². The minimum absolute atomic E-state index is 0. The molecule has 176 valence electrons. The van der Waals surface area contributed by atoms with Crippen molar-refractivity contribution in [3.63, 3.8) is 0 Å². The summed E-state index contributed by atoms with van der Waals surface area (Å²) >= 11 is 0. The van der Waals surface area contributed by atoms with E-state index in [1.54, 1.807) is 6.07 Å². The van der Waals surface area contributed by atoms with E-state index in [2.05, 4.69) is 29.3 Å². The minimum Gasteiger partial charge on any atom is -0.744 e. The van der Waals surface area contributed by atoms with Crippen LogP contribution in [-0.4, -0.2) is 19.1 Å². The summed E-state index contributed by atoms with van der Waals surface area (Å²) in [6.45, 7) is 2.93. The van der Waals surface area contributed by atoms with Gasteiger partial charge >= 0.3 is 51.4 Å². The van der Waals surface area contributed by atoms with Gasteiger partial charge in [0.15, 0.2) is 0 Å². The van der Waals surface area contributed by atoms with Crippen LogP contribution in [0.3, 0.4) is 0 Å². The van der Waals surface area contributed by atoms with Crippen LogP contribution in [-0.2, 0) is 16.7 Å². The molecule has 5 nitrogen and oxygen atoms in total. The van der Waals surface area contributed by atoms with E-state index >= 15 is 0 Å². The third kappa shape index (κ3) is 9.28. The Morgan fingerprint density at radius 1 is 0.879 bits per heavy atom. The van der Waals surface area contributed by atoms with Gasteiger partial charge in [0.2, 0.25) is 0 Å². The Bertz CT molecular complexity index is 938. The van der Waals surface area contributed by atoms with Crippen molar-refractivity contribution in [2.45, 2.75) is 95.2 Å². The van der Waals surface area contributed by atoms with E-state index in [0.717, 1.165) is 29.8 Å². The van der Waals surface area contributed by atoms with Gasteiger partial charge in [-0.05, 0) is 36.6 Å². The molecule has 0 saturated carbocycles. The first-order valence-corrected chi connectivity index (χ1v) is 13.6. The molecule has 3 rings (SSSR count). The summed E-state index contributed by atoms with van der Waals surface area (Å²) in [5.41, 5.74) is 2.85. The fraction of sp³-hybridized carbons (Fsp3) is 0.538. The van der Waals surface area contributed by atoms with Crippen LogP contribution < -0.4 is 61.6 Å². The smallest absolute Gasteiger partial charge is 0.744 e. The second kappa shape index (κ2) is 14.9. The van der Waals surface area contributed by atoms with Crippen LogP contribution in [0.4, 0.5) is 11.4 Å². The van der Waals surface area contributed by atoms with Crippen LogP contribution in [0.15, 0.2) is 53.4 Å². The maximum atomic E-state index is 11.6. The number of benzene rings is 2. The molecule has 1 N–H and O–H groups in total. The number of hydrogen-bond donors (Lipinski definition) is 1. The second-order valence-electron chi connectivity index (χ2n) is 8.88. The van der Waals surface area contributed by atoms with Crippen LogP contribution >= 0.6 is 0 Å². The molecule has 7 heteroatoms. The zero-order valence-corrected chi connectivity index (χ0v) is 24.2. The molecule has 2 aromatic carbocycles. The van der Waals surface area contributed by atoms with Gasteiger partial charge in [-0.25, -0.2) is 8.42 Å². The largest absolute Gasteiger partial charge is 1.00 e. The fourth-order valence-electron chi connectivity index (χ4n) is 4.48. The Morgan fingerprint density at radius 2 is 1.48 bits per heavy atom. The maximum absolute atomic E-state index is 11.6. The van der Waals surface area contributed by atoms with Crippen LogP contribution in [0, 0.1) is 0 Å². The summed E-state index contributed by atoms with van der Waals surface area (Å²) < 4.78 is 34.7. The Kier molecular flexibility index (Phi) is 13.0. The molecular weight excluding hydrogens is 459 g/mol. The van der Waals surface area contributed by atoms with Gasteiger partial charge in [0.05, 0.1) is 22.4 Å². The molecule has 2 aromatic rings. The van der Waals surface area contributed by atoms with Crippen molar-refractivity contribution in [1.29, 1.82) is 0 Å². The molecule has 1 atom stereocenters. The number of hydrogen-bond acceptors (Lipinski definition) is 5. The minimum atomic E-state index is -4.48. The molecule has 0 saturated heterocycles. The Balaban J connectivity index is 0.00000385. The van der Waals surface area contributed by atoms with Gasteiger partial charge in [-0.15, -0.1) is 0 Å². The summed E-state index contributed by atoms with van der Waals surface area (Å²) in [5.74, 6) is 0. The quantitative estimate of drug-likeness (QED) is 0.245. The third-order valence-electron chi connectivity index (χ3n) is 6.29. The van der Waals surface area contributed by atoms with Gasteiger partial charge in [-0.1, -0.05) is 95.0 Å². The molecular formula is C26H37KN2O3S. The summed E-state index contributed by atoms with van der Waals surface area (Å²) in [6.07, 6.45) is 14.1. The molecule has 0 bridgehead atoms. The Labute approximate surface area is 242 Å². The molecule has 0 radical (unpaired) electrons. The number of anilines is 2. The molecule has 33 heavy (non-hydrogen) atoms. The first kappa shape index (κ1) is 28.8. The monoisotopic (exact) mass is 496 g/mol. The summed E-state index contributed by atoms with van der Waals surface area (Å²) in [5, 5.41) is 3.54. The van der Waals surface area contributed by atoms with E-state index in [1.807, 2.05) is 18.2 Å². The van der Waals surface area contributed by atoms with Crippen molar-refractivity contribution in [2.24, 2.45) is 0 Å². The molecule has 0 aromatic heterocycles. The maximum Gasteiger partial charge on any atom is 1.00 e. The molecule has 1 unspecified atom stereocenters. The van der Waals surface area contributed by atoms with Crippen molar-refractivity contribution in [1.82, 2.24) is 0 Å². The van der Waals surface area contributed by atoms with E-state index in [-0.39, 0.29) is 62.4 Å². The summed E-state index contributed by atoms with van der Waals surface area (Å²) in [4.78, 5) is 2.03. The van der Waals surface area contributed by atoms with Crippen LogP contribution in [0.5, 0.6) is 0 Å². The first-order chi connectivity index (χ1) is 15.5. The van der Waals surface area contributed by atoms with Gasteiger partial charge in [-0.3, -0.25) is 0 Å². The Hall–Kier alpha value is -0.414. The number of fused-ring (bicyclic) bond motifs is 1. The van der Waals surface area contributed by atoms with Gasteiger partial charge < -0.3 is 14.8 Å². The van der Waals surface area contributed by atoms with Crippen LogP contribution in [0.25, 0.3) is 0 Å². The van der Waals surface area contributed by atoms with Crippen LogP contribution in [0.1, 0.15) is 83.1 Å². The molecule has 0 spiro atoms. The van der Waals surface area contributed by atoms with E-state index in [4.69, 9.17) is 0 Å². The SMILES string of the molecule is CCCCCCCCCCCCC1Nc2ccc(S(=O)(=O)[O-])cc2N1Cc1ccccc1.[K+]. The van der Waals surface area contributed by atoms with E-state index < -0.39 is 10.1 Å². The van der Waals surface area contributed by atoms with Gasteiger partial charge in [0.25, 0.3) is 0 Å². The number of nitrogens with zero attached hydrogens (tertiary/aromatic N) is 1. The summed E-state index contributed by atoms with van der Waals surface area (Å²) in [7, 11) is -4.48. The molecule has 0 fully saturated rings. The fourth-order valence-corrected chi connectivity index (χ4v) is 4.97. The van der Waals surface area contributed by atoms with Gasteiger partial charge in [0, 0.05) is 6.54 Å². The third-order valence-corrected chi connectivity index (χ3v) is 7.12. The van der Waals surface area contributed by atoms with Gasteiger partial charge in [0.1, 0.15) is 10.1 Å². The molecule has 1 aliphatic heterocycles. The average Bonchev–Trinajstić information content (AvgIpc) is 3.12. The van der Waals surface area contributed by atoms with E-state index in [9.17, 15) is 13.0 Å². The van der Waals surface area contributed by atoms with Crippen LogP contribution in [0.2, 0.25) is 0 Å². The zero-order chi connectivity index (χ0) is 22.8. The topological polar surface area (TPSA) is 72.5 Å².